The monoisotopic (exact) mass is 270 g/mol. The zero-order chi connectivity index (χ0) is 13.9. The highest BCUT2D eigenvalue weighted by molar-refractivity contribution is 5.70. The van der Waals surface area contributed by atoms with E-state index in [9.17, 15) is 0 Å². The van der Waals surface area contributed by atoms with Crippen LogP contribution in [0.5, 0.6) is 11.5 Å². The molecule has 1 heterocycles. The molecule has 4 heteroatoms. The summed E-state index contributed by atoms with van der Waals surface area (Å²) in [5, 5.41) is 0. The van der Waals surface area contributed by atoms with Crippen LogP contribution in [0.3, 0.4) is 0 Å². The van der Waals surface area contributed by atoms with Crippen LogP contribution in [0.4, 0.5) is 11.4 Å². The molecule has 0 fully saturated rings. The number of hydrogen-bond acceptors (Lipinski definition) is 4. The third-order valence-corrected chi connectivity index (χ3v) is 3.53. The van der Waals surface area contributed by atoms with Crippen molar-refractivity contribution < 1.29 is 9.47 Å². The van der Waals surface area contributed by atoms with Gasteiger partial charge in [-0.3, -0.25) is 0 Å². The van der Waals surface area contributed by atoms with Crippen molar-refractivity contribution in [3.05, 3.63) is 48.0 Å². The Kier molecular flexibility index (Phi) is 3.37. The number of nitrogens with two attached hydrogens (primary N) is 1. The number of benzene rings is 2. The number of anilines is 2. The van der Waals surface area contributed by atoms with E-state index in [-0.39, 0.29) is 0 Å². The van der Waals surface area contributed by atoms with Crippen molar-refractivity contribution in [3.63, 3.8) is 0 Å². The van der Waals surface area contributed by atoms with E-state index in [4.69, 9.17) is 15.2 Å². The summed E-state index contributed by atoms with van der Waals surface area (Å²) in [6.07, 6.45) is 0. The average Bonchev–Trinajstić information content (AvgIpc) is 2.70. The number of ether oxygens (including phenoxy) is 2. The molecule has 0 amide bonds. The maximum atomic E-state index is 6.11. The van der Waals surface area contributed by atoms with Crippen LogP contribution in [-0.4, -0.2) is 20.3 Å². The minimum atomic E-state index is 0.646. The fraction of sp³-hybridized carbons (Fsp3) is 0.250. The summed E-state index contributed by atoms with van der Waals surface area (Å²) < 4.78 is 11.1. The number of nitrogen functional groups attached to an aromatic ring is 1. The van der Waals surface area contributed by atoms with Gasteiger partial charge in [0.05, 0.1) is 25.0 Å². The largest absolute Gasteiger partial charge is 0.497 e. The molecule has 0 aromatic heterocycles. The number of methoxy groups -OCH3 is 1. The van der Waals surface area contributed by atoms with E-state index in [0.29, 0.717) is 6.61 Å². The fourth-order valence-corrected chi connectivity index (χ4v) is 2.46. The van der Waals surface area contributed by atoms with Crippen molar-refractivity contribution in [2.24, 2.45) is 0 Å². The van der Waals surface area contributed by atoms with Gasteiger partial charge in [0.1, 0.15) is 18.1 Å². The van der Waals surface area contributed by atoms with E-state index in [2.05, 4.69) is 11.0 Å². The van der Waals surface area contributed by atoms with Gasteiger partial charge in [-0.2, -0.15) is 0 Å². The summed E-state index contributed by atoms with van der Waals surface area (Å²) in [6, 6.07) is 13.9. The molecule has 4 nitrogen and oxygen atoms in total. The smallest absolute Gasteiger partial charge is 0.124 e. The first-order chi connectivity index (χ1) is 9.78. The Balaban J connectivity index is 1.95. The first kappa shape index (κ1) is 12.7. The van der Waals surface area contributed by atoms with Crippen molar-refractivity contribution in [3.8, 4) is 11.5 Å². The highest BCUT2D eigenvalue weighted by atomic mass is 16.5. The molecule has 1 aliphatic rings. The van der Waals surface area contributed by atoms with Crippen LogP contribution in [0.25, 0.3) is 0 Å². The summed E-state index contributed by atoms with van der Waals surface area (Å²) in [5.74, 6) is 1.77. The van der Waals surface area contributed by atoms with Gasteiger partial charge in [-0.05, 0) is 18.2 Å². The number of rotatable bonds is 2. The summed E-state index contributed by atoms with van der Waals surface area (Å²) >= 11 is 0. The Morgan fingerprint density at radius 2 is 2.05 bits per heavy atom. The maximum Gasteiger partial charge on any atom is 0.124 e. The molecule has 2 aromatic carbocycles. The number of hydrogen-bond donors (Lipinski definition) is 1. The molecule has 0 aliphatic carbocycles. The quantitative estimate of drug-likeness (QED) is 0.852. The van der Waals surface area contributed by atoms with Crippen LogP contribution in [-0.2, 0) is 6.54 Å². The molecule has 0 spiro atoms. The summed E-state index contributed by atoms with van der Waals surface area (Å²) in [4.78, 5) is 2.23. The lowest BCUT2D eigenvalue weighted by atomic mass is 10.1. The van der Waals surface area contributed by atoms with Crippen LogP contribution in [0, 0.1) is 0 Å². The van der Waals surface area contributed by atoms with Gasteiger partial charge in [-0.25, -0.2) is 0 Å². The first-order valence-electron chi connectivity index (χ1n) is 6.67. The second kappa shape index (κ2) is 5.33. The normalized spacial score (nSPS) is 14.2. The molecule has 0 radical (unpaired) electrons. The molecule has 0 bridgehead atoms. The van der Waals surface area contributed by atoms with Crippen molar-refractivity contribution in [1.82, 2.24) is 0 Å². The third kappa shape index (κ3) is 2.37. The molecule has 0 atom stereocenters. The highest BCUT2D eigenvalue weighted by Gasteiger charge is 2.17. The maximum absolute atomic E-state index is 6.11. The van der Waals surface area contributed by atoms with Crippen LogP contribution in [0.15, 0.2) is 42.5 Å². The lowest BCUT2D eigenvalue weighted by molar-refractivity contribution is 0.331. The molecule has 2 aromatic rings. The Morgan fingerprint density at radius 3 is 2.90 bits per heavy atom. The summed E-state index contributed by atoms with van der Waals surface area (Å²) in [7, 11) is 1.66. The molecule has 20 heavy (non-hydrogen) atoms. The molecule has 0 saturated heterocycles. The average molecular weight is 270 g/mol. The van der Waals surface area contributed by atoms with Gasteiger partial charge in [0.15, 0.2) is 0 Å². The van der Waals surface area contributed by atoms with Crippen molar-refractivity contribution in [2.75, 3.05) is 30.9 Å². The SMILES string of the molecule is COc1ccc(N)c(N2CCOc3ccccc3C2)c1. The predicted molar refractivity (Wildman–Crippen MR) is 80.4 cm³/mol. The molecular weight excluding hydrogens is 252 g/mol. The van der Waals surface area contributed by atoms with Crippen molar-refractivity contribution in [1.29, 1.82) is 0 Å². The second-order valence-electron chi connectivity index (χ2n) is 4.80. The predicted octanol–water partition coefficient (Wildman–Crippen LogP) is 2.68. The Labute approximate surface area is 118 Å². The van der Waals surface area contributed by atoms with Crippen molar-refractivity contribution in [2.45, 2.75) is 6.54 Å². The van der Waals surface area contributed by atoms with Gasteiger partial charge in [-0.15, -0.1) is 0 Å². The molecule has 3 rings (SSSR count). The summed E-state index contributed by atoms with van der Waals surface area (Å²) in [6.45, 7) is 2.23. The number of nitrogens with zero attached hydrogens (tertiary/aromatic N) is 1. The molecule has 0 saturated carbocycles. The topological polar surface area (TPSA) is 47.7 Å². The van der Waals surface area contributed by atoms with Gasteiger partial charge >= 0.3 is 0 Å². The van der Waals surface area contributed by atoms with E-state index < -0.39 is 0 Å². The highest BCUT2D eigenvalue weighted by Crippen LogP contribution is 2.32. The van der Waals surface area contributed by atoms with Gasteiger partial charge in [0.2, 0.25) is 0 Å². The standard InChI is InChI=1S/C16H18N2O2/c1-19-13-6-7-14(17)15(10-13)18-8-9-20-16-5-3-2-4-12(16)11-18/h2-7,10H,8-9,11,17H2,1H3. The van der Waals surface area contributed by atoms with E-state index in [1.54, 1.807) is 7.11 Å². The number of para-hydroxylation sites is 1. The van der Waals surface area contributed by atoms with E-state index in [0.717, 1.165) is 36.0 Å². The minimum absolute atomic E-state index is 0.646. The fourth-order valence-electron chi connectivity index (χ4n) is 2.46. The summed E-state index contributed by atoms with van der Waals surface area (Å²) in [5.41, 5.74) is 9.03. The van der Waals surface area contributed by atoms with Crippen LogP contribution >= 0.6 is 0 Å². The molecule has 104 valence electrons. The van der Waals surface area contributed by atoms with Gasteiger partial charge in [-0.1, -0.05) is 18.2 Å². The van der Waals surface area contributed by atoms with Crippen LogP contribution in [0.2, 0.25) is 0 Å². The Bertz CT molecular complexity index is 613. The van der Waals surface area contributed by atoms with Gasteiger partial charge in [0.25, 0.3) is 0 Å². The van der Waals surface area contributed by atoms with Crippen LogP contribution < -0.4 is 20.1 Å². The third-order valence-electron chi connectivity index (χ3n) is 3.53. The number of fused-ring (bicyclic) bond motifs is 1. The van der Waals surface area contributed by atoms with E-state index in [1.165, 1.54) is 5.56 Å². The molecular formula is C16H18N2O2. The minimum Gasteiger partial charge on any atom is -0.497 e. The van der Waals surface area contributed by atoms with Crippen molar-refractivity contribution >= 4 is 11.4 Å². The van der Waals surface area contributed by atoms with Crippen LogP contribution in [0.1, 0.15) is 5.56 Å². The molecule has 2 N–H and O–H groups in total. The van der Waals surface area contributed by atoms with Gasteiger partial charge in [0, 0.05) is 18.2 Å². The zero-order valence-electron chi connectivity index (χ0n) is 11.5. The Hall–Kier alpha value is -2.36. The second-order valence-corrected chi connectivity index (χ2v) is 4.80. The molecule has 1 aliphatic heterocycles. The lowest BCUT2D eigenvalue weighted by Gasteiger charge is -2.24. The van der Waals surface area contributed by atoms with E-state index in [1.807, 2.05) is 36.4 Å². The zero-order valence-corrected chi connectivity index (χ0v) is 11.5. The molecule has 0 unspecified atom stereocenters. The van der Waals surface area contributed by atoms with E-state index >= 15 is 0 Å². The Morgan fingerprint density at radius 1 is 1.20 bits per heavy atom. The lowest BCUT2D eigenvalue weighted by Crippen LogP contribution is -2.26. The van der Waals surface area contributed by atoms with Gasteiger partial charge < -0.3 is 20.1 Å². The first-order valence-corrected chi connectivity index (χ1v) is 6.67.